The summed E-state index contributed by atoms with van der Waals surface area (Å²) < 4.78 is 1.67. The lowest BCUT2D eigenvalue weighted by Crippen LogP contribution is -2.44. The van der Waals surface area contributed by atoms with Gasteiger partial charge in [-0.05, 0) is 17.9 Å². The van der Waals surface area contributed by atoms with Crippen LogP contribution in [0.15, 0.2) is 12.4 Å². The van der Waals surface area contributed by atoms with Crippen molar-refractivity contribution in [3.8, 4) is 0 Å². The predicted molar refractivity (Wildman–Crippen MR) is 65.9 cm³/mol. The number of hydrogen-bond donors (Lipinski definition) is 2. The molecule has 1 aromatic heterocycles. The average molecular weight is 253 g/mol. The number of nitrogens with zero attached hydrogens (tertiary/aromatic N) is 2. The van der Waals surface area contributed by atoms with Crippen molar-refractivity contribution in [2.45, 2.75) is 32.7 Å². The molecule has 2 N–H and O–H groups in total. The first-order valence-corrected chi connectivity index (χ1v) is 5.90. The molecule has 1 atom stereocenters. The molecule has 1 rings (SSSR count). The first kappa shape index (κ1) is 14.2. The number of amides is 1. The zero-order chi connectivity index (χ0) is 13.7. The van der Waals surface area contributed by atoms with Gasteiger partial charge in [-0.25, -0.2) is 4.79 Å². The fraction of sp³-hybridized carbons (Fsp3) is 0.583. The molecule has 0 spiro atoms. The third-order valence-corrected chi connectivity index (χ3v) is 2.65. The molecule has 0 saturated carbocycles. The van der Waals surface area contributed by atoms with E-state index in [1.807, 2.05) is 13.2 Å². The maximum Gasteiger partial charge on any atom is 0.326 e. The number of carbonyl (C=O) groups excluding carboxylic acids is 1. The number of aliphatic carboxylic acids is 1. The predicted octanol–water partition coefficient (Wildman–Crippen LogP) is 0.578. The second-order valence-corrected chi connectivity index (χ2v) is 4.65. The molecule has 0 aliphatic rings. The van der Waals surface area contributed by atoms with E-state index in [1.165, 1.54) is 0 Å². The van der Waals surface area contributed by atoms with Crippen molar-refractivity contribution in [3.05, 3.63) is 18.0 Å². The summed E-state index contributed by atoms with van der Waals surface area (Å²) in [6.45, 7) is 3.53. The number of carbonyl (C=O) groups is 2. The molecule has 1 aromatic rings. The lowest BCUT2D eigenvalue weighted by atomic mass is 10.0. The third-order valence-electron chi connectivity index (χ3n) is 2.65. The normalized spacial score (nSPS) is 12.4. The Morgan fingerprint density at radius 3 is 2.61 bits per heavy atom. The molecule has 1 amide bonds. The van der Waals surface area contributed by atoms with Gasteiger partial charge in [-0.1, -0.05) is 13.8 Å². The van der Waals surface area contributed by atoms with Crippen LogP contribution in [0.1, 0.15) is 25.8 Å². The molecule has 0 fully saturated rings. The van der Waals surface area contributed by atoms with Gasteiger partial charge in [0.25, 0.3) is 0 Å². The van der Waals surface area contributed by atoms with Crippen LogP contribution in [-0.4, -0.2) is 32.8 Å². The number of aryl methyl sites for hydroxylation is 2. The Labute approximate surface area is 106 Å². The first-order chi connectivity index (χ1) is 8.40. The topological polar surface area (TPSA) is 84.2 Å². The summed E-state index contributed by atoms with van der Waals surface area (Å²) in [5.74, 6) is -1.38. The second kappa shape index (κ2) is 6.18. The van der Waals surface area contributed by atoms with Crippen LogP contribution in [0.4, 0.5) is 0 Å². The number of carboxylic acids is 1. The summed E-state index contributed by atoms with van der Waals surface area (Å²) in [5, 5.41) is 15.5. The van der Waals surface area contributed by atoms with Crippen LogP contribution in [-0.2, 0) is 23.1 Å². The van der Waals surface area contributed by atoms with Crippen LogP contribution in [0.5, 0.6) is 0 Å². The number of hydrogen-bond acceptors (Lipinski definition) is 3. The van der Waals surface area contributed by atoms with E-state index in [0.29, 0.717) is 6.42 Å². The van der Waals surface area contributed by atoms with Crippen molar-refractivity contribution in [3.63, 3.8) is 0 Å². The number of rotatable bonds is 6. The third kappa shape index (κ3) is 4.20. The zero-order valence-corrected chi connectivity index (χ0v) is 10.9. The molecule has 6 heteroatoms. The molecule has 0 radical (unpaired) electrons. The Morgan fingerprint density at radius 1 is 1.50 bits per heavy atom. The minimum absolute atomic E-state index is 0.134. The first-order valence-electron chi connectivity index (χ1n) is 5.90. The molecule has 0 saturated heterocycles. The van der Waals surface area contributed by atoms with Crippen LogP contribution < -0.4 is 5.32 Å². The Kier molecular flexibility index (Phi) is 4.88. The van der Waals surface area contributed by atoms with Gasteiger partial charge in [0, 0.05) is 19.7 Å². The molecule has 0 aromatic carbocycles. The molecule has 100 valence electrons. The summed E-state index contributed by atoms with van der Waals surface area (Å²) in [7, 11) is 1.81. The average Bonchev–Trinajstić information content (AvgIpc) is 2.68. The fourth-order valence-electron chi connectivity index (χ4n) is 1.62. The van der Waals surface area contributed by atoms with Gasteiger partial charge >= 0.3 is 5.97 Å². The molecule has 18 heavy (non-hydrogen) atoms. The zero-order valence-electron chi connectivity index (χ0n) is 10.9. The number of nitrogens with one attached hydrogen (secondary N) is 1. The van der Waals surface area contributed by atoms with E-state index in [1.54, 1.807) is 24.7 Å². The number of aromatic nitrogens is 2. The lowest BCUT2D eigenvalue weighted by Gasteiger charge is -2.17. The molecule has 0 aliphatic heterocycles. The summed E-state index contributed by atoms with van der Waals surface area (Å²) in [6, 6.07) is -0.827. The van der Waals surface area contributed by atoms with Gasteiger partial charge in [-0.15, -0.1) is 0 Å². The smallest absolute Gasteiger partial charge is 0.326 e. The maximum absolute atomic E-state index is 11.6. The molecule has 0 bridgehead atoms. The van der Waals surface area contributed by atoms with Crippen molar-refractivity contribution in [1.29, 1.82) is 0 Å². The molecule has 6 nitrogen and oxygen atoms in total. The van der Waals surface area contributed by atoms with Crippen LogP contribution in [0.3, 0.4) is 0 Å². The molecule has 1 heterocycles. The van der Waals surface area contributed by atoms with E-state index < -0.39 is 12.0 Å². The quantitative estimate of drug-likeness (QED) is 0.776. The van der Waals surface area contributed by atoms with E-state index in [9.17, 15) is 9.59 Å². The van der Waals surface area contributed by atoms with Gasteiger partial charge in [0.05, 0.1) is 6.20 Å². The van der Waals surface area contributed by atoms with E-state index in [4.69, 9.17) is 5.11 Å². The lowest BCUT2D eigenvalue weighted by molar-refractivity contribution is -0.143. The molecule has 0 unspecified atom stereocenters. The van der Waals surface area contributed by atoms with Gasteiger partial charge in [0.2, 0.25) is 5.91 Å². The van der Waals surface area contributed by atoms with Crippen molar-refractivity contribution >= 4 is 11.9 Å². The van der Waals surface area contributed by atoms with Crippen molar-refractivity contribution in [2.24, 2.45) is 13.0 Å². The monoisotopic (exact) mass is 253 g/mol. The highest BCUT2D eigenvalue weighted by Crippen LogP contribution is 2.04. The molecular formula is C12H19N3O3. The van der Waals surface area contributed by atoms with E-state index >= 15 is 0 Å². The van der Waals surface area contributed by atoms with Crippen molar-refractivity contribution in [1.82, 2.24) is 15.1 Å². The van der Waals surface area contributed by atoms with Crippen molar-refractivity contribution < 1.29 is 14.7 Å². The maximum atomic E-state index is 11.6. The molecular weight excluding hydrogens is 234 g/mol. The highest BCUT2D eigenvalue weighted by Gasteiger charge is 2.23. The van der Waals surface area contributed by atoms with Gasteiger partial charge in [0.15, 0.2) is 0 Å². The van der Waals surface area contributed by atoms with Gasteiger partial charge in [-0.2, -0.15) is 5.10 Å². The second-order valence-electron chi connectivity index (χ2n) is 4.65. The van der Waals surface area contributed by atoms with Crippen LogP contribution >= 0.6 is 0 Å². The summed E-state index contributed by atoms with van der Waals surface area (Å²) >= 11 is 0. The summed E-state index contributed by atoms with van der Waals surface area (Å²) in [5.41, 5.74) is 0.962. The molecule has 0 aliphatic carbocycles. The Hall–Kier alpha value is -1.85. The minimum Gasteiger partial charge on any atom is -0.480 e. The number of carboxylic acid groups (broad SMARTS) is 1. The van der Waals surface area contributed by atoms with Crippen LogP contribution in [0, 0.1) is 5.92 Å². The van der Waals surface area contributed by atoms with Crippen LogP contribution in [0.25, 0.3) is 0 Å². The summed E-state index contributed by atoms with van der Waals surface area (Å²) in [4.78, 5) is 22.6. The SMILES string of the molecule is CC(C)[C@@H](NC(=O)CCc1cnn(C)c1)C(=O)O. The minimum atomic E-state index is -1.00. The fourth-order valence-corrected chi connectivity index (χ4v) is 1.62. The van der Waals surface area contributed by atoms with E-state index in [2.05, 4.69) is 10.4 Å². The summed E-state index contributed by atoms with van der Waals surface area (Å²) in [6.07, 6.45) is 4.36. The highest BCUT2D eigenvalue weighted by atomic mass is 16.4. The van der Waals surface area contributed by atoms with E-state index in [-0.39, 0.29) is 18.2 Å². The van der Waals surface area contributed by atoms with Gasteiger partial charge < -0.3 is 10.4 Å². The highest BCUT2D eigenvalue weighted by molar-refractivity contribution is 5.83. The largest absolute Gasteiger partial charge is 0.480 e. The Balaban J connectivity index is 2.43. The van der Waals surface area contributed by atoms with Gasteiger partial charge in [0.1, 0.15) is 6.04 Å². The van der Waals surface area contributed by atoms with E-state index in [0.717, 1.165) is 5.56 Å². The van der Waals surface area contributed by atoms with Crippen molar-refractivity contribution in [2.75, 3.05) is 0 Å². The van der Waals surface area contributed by atoms with Crippen LogP contribution in [0.2, 0.25) is 0 Å². The Bertz CT molecular complexity index is 426. The Morgan fingerprint density at radius 2 is 2.17 bits per heavy atom. The van der Waals surface area contributed by atoms with Gasteiger partial charge in [-0.3, -0.25) is 9.48 Å². The standard InChI is InChI=1S/C12H19N3O3/c1-8(2)11(12(17)18)14-10(16)5-4-9-6-13-15(3)7-9/h6-8,11H,4-5H2,1-3H3,(H,14,16)(H,17,18)/t11-/m1/s1.